The Bertz CT molecular complexity index is 601. The van der Waals surface area contributed by atoms with Crippen molar-refractivity contribution in [2.45, 2.75) is 25.9 Å². The Balaban J connectivity index is 2.09. The Morgan fingerprint density at radius 2 is 1.95 bits per heavy atom. The first-order valence-electron chi connectivity index (χ1n) is 7.37. The number of esters is 1. The zero-order valence-corrected chi connectivity index (χ0v) is 13.3. The topological polar surface area (TPSA) is 38.3 Å². The number of rotatable bonds is 7. The molecule has 0 bridgehead atoms. The fourth-order valence-corrected chi connectivity index (χ4v) is 2.45. The normalized spacial score (nSPS) is 11.9. The van der Waals surface area contributed by atoms with Crippen LogP contribution in [0, 0.1) is 0 Å². The van der Waals surface area contributed by atoms with Crippen molar-refractivity contribution < 1.29 is 9.53 Å². The molecule has 0 spiro atoms. The van der Waals surface area contributed by atoms with E-state index in [0.29, 0.717) is 18.2 Å². The van der Waals surface area contributed by atoms with Gasteiger partial charge in [-0.25, -0.2) is 0 Å². The van der Waals surface area contributed by atoms with E-state index >= 15 is 0 Å². The molecule has 4 heteroatoms. The molecule has 0 aromatic heterocycles. The van der Waals surface area contributed by atoms with Crippen molar-refractivity contribution in [2.24, 2.45) is 0 Å². The highest BCUT2D eigenvalue weighted by molar-refractivity contribution is 6.30. The first-order chi connectivity index (χ1) is 10.7. The average molecular weight is 318 g/mol. The predicted molar refractivity (Wildman–Crippen MR) is 88.7 cm³/mol. The van der Waals surface area contributed by atoms with Gasteiger partial charge in [-0.3, -0.25) is 4.79 Å². The minimum atomic E-state index is -0.215. The van der Waals surface area contributed by atoms with E-state index in [1.54, 1.807) is 0 Å². The van der Waals surface area contributed by atoms with Gasteiger partial charge < -0.3 is 10.1 Å². The molecule has 0 heterocycles. The fraction of sp³-hybridized carbons (Fsp3) is 0.278. The third-order valence-electron chi connectivity index (χ3n) is 3.32. The molecule has 1 atom stereocenters. The van der Waals surface area contributed by atoms with Crippen LogP contribution in [0.1, 0.15) is 30.5 Å². The van der Waals surface area contributed by atoms with Crippen LogP contribution in [0.2, 0.25) is 5.02 Å². The Hall–Kier alpha value is -1.84. The second kappa shape index (κ2) is 8.57. The molecule has 2 aromatic carbocycles. The van der Waals surface area contributed by atoms with Crippen LogP contribution in [-0.2, 0) is 16.1 Å². The van der Waals surface area contributed by atoms with Gasteiger partial charge in [0.15, 0.2) is 0 Å². The lowest BCUT2D eigenvalue weighted by molar-refractivity contribution is -0.143. The summed E-state index contributed by atoms with van der Waals surface area (Å²) in [5.74, 6) is -0.215. The molecule has 0 saturated heterocycles. The highest BCUT2D eigenvalue weighted by Crippen LogP contribution is 2.21. The largest absolute Gasteiger partial charge is 0.466 e. The smallest absolute Gasteiger partial charge is 0.307 e. The van der Waals surface area contributed by atoms with Crippen LogP contribution in [0.3, 0.4) is 0 Å². The Labute approximate surface area is 136 Å². The maximum absolute atomic E-state index is 11.8. The fourth-order valence-electron chi connectivity index (χ4n) is 2.25. The van der Waals surface area contributed by atoms with E-state index in [-0.39, 0.29) is 18.4 Å². The number of benzene rings is 2. The Morgan fingerprint density at radius 1 is 1.18 bits per heavy atom. The SMILES string of the molecule is CCOC(=O)CC(NCc1ccccc1)c1cccc(Cl)c1. The first kappa shape index (κ1) is 16.5. The van der Waals surface area contributed by atoms with Crippen LogP contribution < -0.4 is 5.32 Å². The Morgan fingerprint density at radius 3 is 2.64 bits per heavy atom. The lowest BCUT2D eigenvalue weighted by atomic mass is 10.0. The molecule has 116 valence electrons. The molecule has 2 rings (SSSR count). The zero-order chi connectivity index (χ0) is 15.8. The second-order valence-corrected chi connectivity index (χ2v) is 5.42. The van der Waals surface area contributed by atoms with Gasteiger partial charge in [-0.05, 0) is 30.2 Å². The number of halogens is 1. The monoisotopic (exact) mass is 317 g/mol. The van der Waals surface area contributed by atoms with E-state index in [9.17, 15) is 4.79 Å². The third-order valence-corrected chi connectivity index (χ3v) is 3.56. The minimum Gasteiger partial charge on any atom is -0.466 e. The van der Waals surface area contributed by atoms with Crippen molar-refractivity contribution in [2.75, 3.05) is 6.61 Å². The molecule has 22 heavy (non-hydrogen) atoms. The summed E-state index contributed by atoms with van der Waals surface area (Å²) in [6.07, 6.45) is 0.279. The molecule has 0 aliphatic carbocycles. The van der Waals surface area contributed by atoms with E-state index in [1.165, 1.54) is 5.56 Å². The van der Waals surface area contributed by atoms with E-state index in [1.807, 2.05) is 61.5 Å². The van der Waals surface area contributed by atoms with Crippen LogP contribution in [0.15, 0.2) is 54.6 Å². The number of hydrogen-bond acceptors (Lipinski definition) is 3. The number of carbonyl (C=O) groups excluding carboxylic acids is 1. The maximum atomic E-state index is 11.8. The molecule has 2 aromatic rings. The number of ether oxygens (including phenoxy) is 1. The molecule has 0 aliphatic heterocycles. The minimum absolute atomic E-state index is 0.127. The van der Waals surface area contributed by atoms with Gasteiger partial charge in [0, 0.05) is 17.6 Å². The first-order valence-corrected chi connectivity index (χ1v) is 7.75. The molecule has 0 radical (unpaired) electrons. The molecule has 3 nitrogen and oxygen atoms in total. The van der Waals surface area contributed by atoms with E-state index in [0.717, 1.165) is 5.56 Å². The van der Waals surface area contributed by atoms with Gasteiger partial charge in [0.25, 0.3) is 0 Å². The molecule has 1 N–H and O–H groups in total. The second-order valence-electron chi connectivity index (χ2n) is 4.98. The molecule has 0 aliphatic rings. The highest BCUT2D eigenvalue weighted by Gasteiger charge is 2.16. The van der Waals surface area contributed by atoms with Crippen LogP contribution in [-0.4, -0.2) is 12.6 Å². The zero-order valence-electron chi connectivity index (χ0n) is 12.6. The highest BCUT2D eigenvalue weighted by atomic mass is 35.5. The van der Waals surface area contributed by atoms with Crippen molar-refractivity contribution in [3.63, 3.8) is 0 Å². The lowest BCUT2D eigenvalue weighted by Gasteiger charge is -2.19. The molecule has 0 saturated carbocycles. The van der Waals surface area contributed by atoms with Gasteiger partial charge in [-0.15, -0.1) is 0 Å². The average Bonchev–Trinajstić information content (AvgIpc) is 2.52. The van der Waals surface area contributed by atoms with Crippen molar-refractivity contribution >= 4 is 17.6 Å². The predicted octanol–water partition coefficient (Wildman–Crippen LogP) is 4.12. The van der Waals surface area contributed by atoms with Crippen molar-refractivity contribution in [1.82, 2.24) is 5.32 Å². The van der Waals surface area contributed by atoms with Crippen molar-refractivity contribution in [1.29, 1.82) is 0 Å². The van der Waals surface area contributed by atoms with Crippen molar-refractivity contribution in [3.8, 4) is 0 Å². The molecule has 0 amide bonds. The standard InChI is InChI=1S/C18H20ClNO2/c1-2-22-18(21)12-17(15-9-6-10-16(19)11-15)20-13-14-7-4-3-5-8-14/h3-11,17,20H,2,12-13H2,1H3. The summed E-state index contributed by atoms with van der Waals surface area (Å²) in [5.41, 5.74) is 2.15. The molecular formula is C18H20ClNO2. The van der Waals surface area contributed by atoms with Crippen molar-refractivity contribution in [3.05, 3.63) is 70.7 Å². The lowest BCUT2D eigenvalue weighted by Crippen LogP contribution is -2.24. The quantitative estimate of drug-likeness (QED) is 0.780. The van der Waals surface area contributed by atoms with Gasteiger partial charge >= 0.3 is 5.97 Å². The Kier molecular flexibility index (Phi) is 6.44. The summed E-state index contributed by atoms with van der Waals surface area (Å²) in [6, 6.07) is 17.5. The maximum Gasteiger partial charge on any atom is 0.307 e. The van der Waals surface area contributed by atoms with Gasteiger partial charge in [0.05, 0.1) is 13.0 Å². The van der Waals surface area contributed by atoms with Crippen LogP contribution in [0.25, 0.3) is 0 Å². The molecule has 1 unspecified atom stereocenters. The summed E-state index contributed by atoms with van der Waals surface area (Å²) in [7, 11) is 0. The number of nitrogens with one attached hydrogen (secondary N) is 1. The molecular weight excluding hydrogens is 298 g/mol. The van der Waals surface area contributed by atoms with Crippen LogP contribution >= 0.6 is 11.6 Å². The molecule has 0 fully saturated rings. The van der Waals surface area contributed by atoms with Gasteiger partial charge in [0.2, 0.25) is 0 Å². The third kappa shape index (κ3) is 5.17. The van der Waals surface area contributed by atoms with E-state index in [2.05, 4.69) is 5.32 Å². The summed E-state index contributed by atoms with van der Waals surface area (Å²) < 4.78 is 5.06. The van der Waals surface area contributed by atoms with Gasteiger partial charge in [-0.2, -0.15) is 0 Å². The summed E-state index contributed by atoms with van der Waals surface area (Å²) >= 11 is 6.06. The number of carbonyl (C=O) groups is 1. The summed E-state index contributed by atoms with van der Waals surface area (Å²) in [5, 5.41) is 4.07. The van der Waals surface area contributed by atoms with E-state index < -0.39 is 0 Å². The van der Waals surface area contributed by atoms with Crippen LogP contribution in [0.5, 0.6) is 0 Å². The van der Waals surface area contributed by atoms with Crippen LogP contribution in [0.4, 0.5) is 0 Å². The van der Waals surface area contributed by atoms with Gasteiger partial charge in [0.1, 0.15) is 0 Å². The van der Waals surface area contributed by atoms with Gasteiger partial charge in [-0.1, -0.05) is 54.1 Å². The number of hydrogen-bond donors (Lipinski definition) is 1. The summed E-state index contributed by atoms with van der Waals surface area (Å²) in [4.78, 5) is 11.8. The van der Waals surface area contributed by atoms with E-state index in [4.69, 9.17) is 16.3 Å². The summed E-state index contributed by atoms with van der Waals surface area (Å²) in [6.45, 7) is 2.88.